The Morgan fingerprint density at radius 2 is 1.00 bits per heavy atom. The Morgan fingerprint density at radius 3 is 1.48 bits per heavy atom. The molecule has 0 N–H and O–H groups in total. The molecule has 0 aliphatic heterocycles. The molecule has 3 aromatic carbocycles. The van der Waals surface area contributed by atoms with Gasteiger partial charge in [-0.15, -0.1) is 11.1 Å². The minimum atomic E-state index is -2.58. The van der Waals surface area contributed by atoms with Crippen LogP contribution in [0, 0.1) is 0 Å². The van der Waals surface area contributed by atoms with Crippen molar-refractivity contribution in [1.29, 1.82) is 0 Å². The fourth-order valence-electron chi connectivity index (χ4n) is 2.55. The number of benzene rings is 3. The summed E-state index contributed by atoms with van der Waals surface area (Å²) in [5.74, 6) is 0. The zero-order valence-electron chi connectivity index (χ0n) is 11.3. The molecule has 0 radical (unpaired) electrons. The first-order chi connectivity index (χ1) is 10.2. The molecule has 3 heteroatoms. The Bertz CT molecular complexity index is 687. The SMILES string of the molecule is Clc1ccccc1[Si](Cl)(c1ccccc1)c1ccccc1. The molecule has 104 valence electrons. The molecule has 3 aromatic rings. The third-order valence-corrected chi connectivity index (χ3v) is 9.43. The van der Waals surface area contributed by atoms with Crippen LogP contribution in [-0.4, -0.2) is 7.38 Å². The largest absolute Gasteiger partial charge is 0.249 e. The van der Waals surface area contributed by atoms with Gasteiger partial charge in [0.1, 0.15) is 0 Å². The Hall–Kier alpha value is -1.54. The highest BCUT2D eigenvalue weighted by Gasteiger charge is 2.39. The molecule has 0 bridgehead atoms. The second kappa shape index (κ2) is 6.06. The van der Waals surface area contributed by atoms with Crippen LogP contribution >= 0.6 is 22.7 Å². The summed E-state index contributed by atoms with van der Waals surface area (Å²) in [6.45, 7) is 0. The summed E-state index contributed by atoms with van der Waals surface area (Å²) in [5, 5.41) is 4.05. The zero-order chi connectivity index (χ0) is 14.7. The van der Waals surface area contributed by atoms with Gasteiger partial charge in [0.05, 0.1) is 0 Å². The van der Waals surface area contributed by atoms with Crippen molar-refractivity contribution in [2.24, 2.45) is 0 Å². The van der Waals surface area contributed by atoms with Crippen molar-refractivity contribution in [3.63, 3.8) is 0 Å². The van der Waals surface area contributed by atoms with Crippen molar-refractivity contribution in [2.75, 3.05) is 0 Å². The lowest BCUT2D eigenvalue weighted by Gasteiger charge is -2.27. The van der Waals surface area contributed by atoms with Gasteiger partial charge < -0.3 is 0 Å². The van der Waals surface area contributed by atoms with Crippen molar-refractivity contribution in [1.82, 2.24) is 0 Å². The monoisotopic (exact) mass is 328 g/mol. The normalized spacial score (nSPS) is 11.3. The molecule has 0 saturated carbocycles. The first-order valence-corrected chi connectivity index (χ1v) is 10.2. The van der Waals surface area contributed by atoms with E-state index in [-0.39, 0.29) is 0 Å². The van der Waals surface area contributed by atoms with Crippen molar-refractivity contribution < 1.29 is 0 Å². The lowest BCUT2D eigenvalue weighted by molar-refractivity contribution is 1.70. The minimum Gasteiger partial charge on any atom is -0.149 e. The molecule has 0 aliphatic rings. The zero-order valence-corrected chi connectivity index (χ0v) is 13.9. The van der Waals surface area contributed by atoms with Crippen molar-refractivity contribution >= 4 is 45.6 Å². The third kappa shape index (κ3) is 2.65. The highest BCUT2D eigenvalue weighted by atomic mass is 35.6. The van der Waals surface area contributed by atoms with E-state index in [4.69, 9.17) is 22.7 Å². The molecular weight excluding hydrogens is 315 g/mol. The lowest BCUT2D eigenvalue weighted by atomic mass is 10.3. The average Bonchev–Trinajstić information content (AvgIpc) is 2.56. The molecular formula is C18H14Cl2Si. The maximum absolute atomic E-state index is 7.28. The Morgan fingerprint density at radius 1 is 0.571 bits per heavy atom. The third-order valence-electron chi connectivity index (χ3n) is 3.59. The smallest absolute Gasteiger partial charge is 0.149 e. The van der Waals surface area contributed by atoms with Gasteiger partial charge in [-0.25, -0.2) is 0 Å². The fourth-order valence-corrected chi connectivity index (χ4v) is 7.51. The van der Waals surface area contributed by atoms with Crippen molar-refractivity contribution in [2.45, 2.75) is 0 Å². The van der Waals surface area contributed by atoms with E-state index in [9.17, 15) is 0 Å². The molecule has 0 atom stereocenters. The minimum absolute atomic E-state index is 0.729. The molecule has 0 spiro atoms. The topological polar surface area (TPSA) is 0 Å². The van der Waals surface area contributed by atoms with Gasteiger partial charge in [0.25, 0.3) is 0 Å². The van der Waals surface area contributed by atoms with E-state index in [1.54, 1.807) is 0 Å². The second-order valence-corrected chi connectivity index (χ2v) is 9.99. The van der Waals surface area contributed by atoms with Gasteiger partial charge in [-0.05, 0) is 21.6 Å². The molecule has 0 fully saturated rings. The molecule has 0 heterocycles. The van der Waals surface area contributed by atoms with E-state index < -0.39 is 7.38 Å². The Kier molecular flexibility index (Phi) is 4.16. The summed E-state index contributed by atoms with van der Waals surface area (Å²) in [7, 11) is -2.58. The molecule has 0 saturated heterocycles. The maximum Gasteiger partial charge on any atom is 0.249 e. The van der Waals surface area contributed by atoms with E-state index in [1.807, 2.05) is 60.7 Å². The van der Waals surface area contributed by atoms with Crippen molar-refractivity contribution in [3.05, 3.63) is 90.0 Å². The van der Waals surface area contributed by atoms with Gasteiger partial charge in [0.15, 0.2) is 0 Å². The van der Waals surface area contributed by atoms with Crippen LogP contribution in [0.5, 0.6) is 0 Å². The molecule has 0 nitrogen and oxygen atoms in total. The number of rotatable bonds is 3. The van der Waals surface area contributed by atoms with Gasteiger partial charge in [0, 0.05) is 5.02 Å². The number of halogens is 2. The van der Waals surface area contributed by atoms with Gasteiger partial charge in [-0.1, -0.05) is 90.5 Å². The van der Waals surface area contributed by atoms with Crippen molar-refractivity contribution in [3.8, 4) is 0 Å². The molecule has 0 aliphatic carbocycles. The quantitative estimate of drug-likeness (QED) is 0.392. The van der Waals surface area contributed by atoms with Crippen LogP contribution in [-0.2, 0) is 0 Å². The average molecular weight is 329 g/mol. The van der Waals surface area contributed by atoms with Crippen LogP contribution in [0.1, 0.15) is 0 Å². The summed E-state index contributed by atoms with van der Waals surface area (Å²) in [5.41, 5.74) is 0. The van der Waals surface area contributed by atoms with Gasteiger partial charge in [-0.3, -0.25) is 0 Å². The van der Waals surface area contributed by atoms with Gasteiger partial charge >= 0.3 is 0 Å². The van der Waals surface area contributed by atoms with E-state index in [2.05, 4.69) is 24.3 Å². The van der Waals surface area contributed by atoms with Gasteiger partial charge in [0.2, 0.25) is 7.38 Å². The molecule has 3 rings (SSSR count). The number of hydrogen-bond acceptors (Lipinski definition) is 0. The van der Waals surface area contributed by atoms with E-state index in [0.717, 1.165) is 20.6 Å². The predicted octanol–water partition coefficient (Wildman–Crippen LogP) is 3.55. The summed E-state index contributed by atoms with van der Waals surface area (Å²) < 4.78 is 0. The molecule has 0 amide bonds. The van der Waals surface area contributed by atoms with E-state index in [1.165, 1.54) is 0 Å². The predicted molar refractivity (Wildman–Crippen MR) is 94.8 cm³/mol. The molecule has 0 aromatic heterocycles. The van der Waals surface area contributed by atoms with Crippen LogP contribution in [0.3, 0.4) is 0 Å². The van der Waals surface area contributed by atoms with Crippen LogP contribution < -0.4 is 15.6 Å². The van der Waals surface area contributed by atoms with Gasteiger partial charge in [-0.2, -0.15) is 0 Å². The lowest BCUT2D eigenvalue weighted by Crippen LogP contribution is -2.63. The maximum atomic E-state index is 7.28. The summed E-state index contributed by atoms with van der Waals surface area (Å²) in [6, 6.07) is 28.4. The Balaban J connectivity index is 2.29. The summed E-state index contributed by atoms with van der Waals surface area (Å²) >= 11 is 13.7. The highest BCUT2D eigenvalue weighted by molar-refractivity contribution is 7.40. The van der Waals surface area contributed by atoms with Crippen LogP contribution in [0.2, 0.25) is 5.02 Å². The van der Waals surface area contributed by atoms with Crippen LogP contribution in [0.15, 0.2) is 84.9 Å². The first kappa shape index (κ1) is 14.4. The Labute approximate surface area is 135 Å². The van der Waals surface area contributed by atoms with E-state index in [0.29, 0.717) is 0 Å². The van der Waals surface area contributed by atoms with E-state index >= 15 is 0 Å². The summed E-state index contributed by atoms with van der Waals surface area (Å²) in [6.07, 6.45) is 0. The standard InChI is InChI=1S/C18H14Cl2Si/c19-17-13-7-8-14-18(17)21(20,15-9-3-1-4-10-15)16-11-5-2-6-12-16/h1-14H. The first-order valence-electron chi connectivity index (χ1n) is 6.78. The fraction of sp³-hybridized carbons (Fsp3) is 0. The molecule has 0 unspecified atom stereocenters. The highest BCUT2D eigenvalue weighted by Crippen LogP contribution is 2.17. The second-order valence-electron chi connectivity index (χ2n) is 4.87. The number of hydrogen-bond donors (Lipinski definition) is 0. The summed E-state index contributed by atoms with van der Waals surface area (Å²) in [4.78, 5) is 0. The molecule has 21 heavy (non-hydrogen) atoms. The van der Waals surface area contributed by atoms with Crippen LogP contribution in [0.25, 0.3) is 0 Å². The van der Waals surface area contributed by atoms with Crippen LogP contribution in [0.4, 0.5) is 0 Å².